The van der Waals surface area contributed by atoms with Gasteiger partial charge in [0.15, 0.2) is 0 Å². The summed E-state index contributed by atoms with van der Waals surface area (Å²) in [7, 11) is 0.514. The van der Waals surface area contributed by atoms with E-state index < -0.39 is 10.0 Å². The van der Waals surface area contributed by atoms with Crippen LogP contribution in [0.25, 0.3) is 0 Å². The summed E-state index contributed by atoms with van der Waals surface area (Å²) >= 11 is 0. The molecule has 1 aliphatic rings. The molecule has 2 rings (SSSR count). The number of methoxy groups -OCH3 is 3. The average Bonchev–Trinajstić information content (AvgIpc) is 2.65. The van der Waals surface area contributed by atoms with Crippen molar-refractivity contribution >= 4 is 16.1 Å². The highest BCUT2D eigenvalue weighted by atomic mass is 32.2. The topological polar surface area (TPSA) is 94.2 Å². The molecule has 1 aromatic rings. The maximum absolute atomic E-state index is 12.6. The lowest BCUT2D eigenvalue weighted by atomic mass is 9.97. The van der Waals surface area contributed by atoms with Crippen molar-refractivity contribution in [2.75, 3.05) is 41.0 Å². The van der Waals surface area contributed by atoms with Gasteiger partial charge in [-0.1, -0.05) is 0 Å². The van der Waals surface area contributed by atoms with Gasteiger partial charge in [0.1, 0.15) is 16.4 Å². The summed E-state index contributed by atoms with van der Waals surface area (Å²) in [6, 6.07) is 4.63. The lowest BCUT2D eigenvalue weighted by Crippen LogP contribution is -2.41. The first-order valence-corrected chi connectivity index (χ1v) is 9.44. The Bertz CT molecular complexity index is 699. The van der Waals surface area contributed by atoms with Crippen LogP contribution in [-0.4, -0.2) is 60.4 Å². The van der Waals surface area contributed by atoms with Gasteiger partial charge >= 0.3 is 6.09 Å². The minimum Gasteiger partial charge on any atom is -0.497 e. The monoisotopic (exact) mass is 372 g/mol. The predicted octanol–water partition coefficient (Wildman–Crippen LogP) is 1.46. The Labute approximate surface area is 148 Å². The molecule has 0 aliphatic carbocycles. The minimum atomic E-state index is -3.73. The van der Waals surface area contributed by atoms with E-state index in [4.69, 9.17) is 14.2 Å². The van der Waals surface area contributed by atoms with E-state index >= 15 is 0 Å². The smallest absolute Gasteiger partial charge is 0.409 e. The zero-order valence-electron chi connectivity index (χ0n) is 14.6. The van der Waals surface area contributed by atoms with Crippen molar-refractivity contribution < 1.29 is 27.4 Å². The number of nitrogens with zero attached hydrogens (tertiary/aromatic N) is 1. The molecule has 1 aliphatic heterocycles. The highest BCUT2D eigenvalue weighted by Gasteiger charge is 2.26. The number of likely N-dealkylation sites (tertiary alicyclic amines) is 1. The Morgan fingerprint density at radius 3 is 2.44 bits per heavy atom. The Morgan fingerprint density at radius 2 is 1.88 bits per heavy atom. The molecule has 9 heteroatoms. The molecule has 140 valence electrons. The van der Waals surface area contributed by atoms with Crippen molar-refractivity contribution in [1.82, 2.24) is 9.62 Å². The fourth-order valence-corrected chi connectivity index (χ4v) is 4.05. The van der Waals surface area contributed by atoms with Gasteiger partial charge in [-0.25, -0.2) is 17.9 Å². The number of rotatable bonds is 6. The standard InChI is InChI=1S/C16H24N2O6S/c1-22-13-4-5-14(23-2)15(10-13)25(20,21)17-11-12-6-8-18(9-7-12)16(19)24-3/h4-5,10,12,17H,6-9,11H2,1-3H3. The number of ether oxygens (including phenoxy) is 3. The lowest BCUT2D eigenvalue weighted by Gasteiger charge is -2.30. The Balaban J connectivity index is 2.00. The third-order valence-electron chi connectivity index (χ3n) is 4.27. The number of amides is 1. The number of carbonyl (C=O) groups excluding carboxylic acids is 1. The van der Waals surface area contributed by atoms with Crippen molar-refractivity contribution in [2.45, 2.75) is 17.7 Å². The van der Waals surface area contributed by atoms with E-state index in [-0.39, 0.29) is 22.7 Å². The van der Waals surface area contributed by atoms with Crippen LogP contribution in [0.15, 0.2) is 23.1 Å². The van der Waals surface area contributed by atoms with Gasteiger partial charge in [0, 0.05) is 25.7 Å². The number of piperidine rings is 1. The van der Waals surface area contributed by atoms with Gasteiger partial charge < -0.3 is 19.1 Å². The largest absolute Gasteiger partial charge is 0.497 e. The maximum atomic E-state index is 12.6. The van der Waals surface area contributed by atoms with Gasteiger partial charge in [-0.15, -0.1) is 0 Å². The molecule has 8 nitrogen and oxygen atoms in total. The summed E-state index contributed by atoms with van der Waals surface area (Å²) in [5.74, 6) is 0.855. The van der Waals surface area contributed by atoms with Crippen molar-refractivity contribution in [2.24, 2.45) is 5.92 Å². The zero-order valence-corrected chi connectivity index (χ0v) is 15.5. The summed E-state index contributed by atoms with van der Waals surface area (Å²) in [4.78, 5) is 13.1. The molecular weight excluding hydrogens is 348 g/mol. The normalized spacial score (nSPS) is 15.7. The quantitative estimate of drug-likeness (QED) is 0.812. The van der Waals surface area contributed by atoms with E-state index in [1.54, 1.807) is 17.0 Å². The van der Waals surface area contributed by atoms with Crippen molar-refractivity contribution in [1.29, 1.82) is 0 Å². The fraction of sp³-hybridized carbons (Fsp3) is 0.562. The fourth-order valence-electron chi connectivity index (χ4n) is 2.75. The van der Waals surface area contributed by atoms with Crippen LogP contribution in [0.1, 0.15) is 12.8 Å². The van der Waals surface area contributed by atoms with Gasteiger partial charge in [-0.2, -0.15) is 0 Å². The van der Waals surface area contributed by atoms with Crippen LogP contribution in [0.5, 0.6) is 11.5 Å². The summed E-state index contributed by atoms with van der Waals surface area (Å²) in [5, 5.41) is 0. The summed E-state index contributed by atoms with van der Waals surface area (Å²) in [5.41, 5.74) is 0. The Kier molecular flexibility index (Phi) is 6.49. The van der Waals surface area contributed by atoms with Crippen LogP contribution in [0.2, 0.25) is 0 Å². The summed E-state index contributed by atoms with van der Waals surface area (Å²) in [6.45, 7) is 1.42. The van der Waals surface area contributed by atoms with Crippen LogP contribution in [0, 0.1) is 5.92 Å². The molecular formula is C16H24N2O6S. The van der Waals surface area contributed by atoms with Crippen LogP contribution in [0.3, 0.4) is 0 Å². The van der Waals surface area contributed by atoms with Crippen LogP contribution >= 0.6 is 0 Å². The van der Waals surface area contributed by atoms with Crippen LogP contribution in [-0.2, 0) is 14.8 Å². The molecule has 0 radical (unpaired) electrons. The molecule has 0 aromatic heterocycles. The van der Waals surface area contributed by atoms with Gasteiger partial charge in [-0.3, -0.25) is 0 Å². The van der Waals surface area contributed by atoms with Gasteiger partial charge in [0.2, 0.25) is 10.0 Å². The third-order valence-corrected chi connectivity index (χ3v) is 5.71. The molecule has 1 heterocycles. The first kappa shape index (κ1) is 19.3. The zero-order chi connectivity index (χ0) is 18.4. The second-order valence-corrected chi connectivity index (χ2v) is 7.50. The van der Waals surface area contributed by atoms with E-state index in [9.17, 15) is 13.2 Å². The first-order valence-electron chi connectivity index (χ1n) is 7.96. The molecule has 0 spiro atoms. The predicted molar refractivity (Wildman–Crippen MR) is 91.4 cm³/mol. The molecule has 1 aromatic carbocycles. The van der Waals surface area contributed by atoms with Gasteiger partial charge in [-0.05, 0) is 30.9 Å². The molecule has 1 amide bonds. The van der Waals surface area contributed by atoms with Crippen molar-refractivity contribution in [3.05, 3.63) is 18.2 Å². The molecule has 1 saturated heterocycles. The van der Waals surface area contributed by atoms with E-state index in [1.165, 1.54) is 27.4 Å². The molecule has 0 atom stereocenters. The Morgan fingerprint density at radius 1 is 1.20 bits per heavy atom. The number of sulfonamides is 1. The van der Waals surface area contributed by atoms with Crippen molar-refractivity contribution in [3.63, 3.8) is 0 Å². The number of benzene rings is 1. The molecule has 25 heavy (non-hydrogen) atoms. The third kappa shape index (κ3) is 4.76. The highest BCUT2D eigenvalue weighted by Crippen LogP contribution is 2.28. The second kappa shape index (κ2) is 8.39. The van der Waals surface area contributed by atoms with E-state index in [1.807, 2.05) is 0 Å². The maximum Gasteiger partial charge on any atom is 0.409 e. The average molecular weight is 372 g/mol. The molecule has 0 bridgehead atoms. The summed E-state index contributed by atoms with van der Waals surface area (Å²) in [6.07, 6.45) is 1.08. The van der Waals surface area contributed by atoms with E-state index in [2.05, 4.69) is 4.72 Å². The lowest BCUT2D eigenvalue weighted by molar-refractivity contribution is 0.106. The van der Waals surface area contributed by atoms with Crippen LogP contribution < -0.4 is 14.2 Å². The van der Waals surface area contributed by atoms with Crippen LogP contribution in [0.4, 0.5) is 4.79 Å². The first-order chi connectivity index (χ1) is 11.9. The molecule has 1 N–H and O–H groups in total. The van der Waals surface area contributed by atoms with E-state index in [0.29, 0.717) is 38.2 Å². The number of hydrogen-bond donors (Lipinski definition) is 1. The second-order valence-electron chi connectivity index (χ2n) is 5.77. The SMILES string of the molecule is COC(=O)N1CCC(CNS(=O)(=O)c2cc(OC)ccc2OC)CC1. The van der Waals surface area contributed by atoms with Gasteiger partial charge in [0.05, 0.1) is 21.3 Å². The number of hydrogen-bond acceptors (Lipinski definition) is 6. The minimum absolute atomic E-state index is 0.0429. The molecule has 0 unspecified atom stereocenters. The van der Waals surface area contributed by atoms with Gasteiger partial charge in [0.25, 0.3) is 0 Å². The van der Waals surface area contributed by atoms with Crippen molar-refractivity contribution in [3.8, 4) is 11.5 Å². The molecule has 1 fully saturated rings. The Hall–Kier alpha value is -2.00. The number of nitrogens with one attached hydrogen (secondary N) is 1. The molecule has 0 saturated carbocycles. The highest BCUT2D eigenvalue weighted by molar-refractivity contribution is 7.89. The summed E-state index contributed by atoms with van der Waals surface area (Å²) < 4.78 is 42.8. The number of carbonyl (C=O) groups is 1. The van der Waals surface area contributed by atoms with E-state index in [0.717, 1.165) is 0 Å².